The number of hydrogen-bond donors (Lipinski definition) is 0. The molecule has 29 heavy (non-hydrogen) atoms. The summed E-state index contributed by atoms with van der Waals surface area (Å²) >= 11 is 0. The van der Waals surface area contributed by atoms with Crippen LogP contribution in [0.4, 0.5) is 43.9 Å². The van der Waals surface area contributed by atoms with E-state index in [1.807, 2.05) is 0 Å². The van der Waals surface area contributed by atoms with Gasteiger partial charge < -0.3 is 4.74 Å². The molecule has 0 atom stereocenters. The van der Waals surface area contributed by atoms with E-state index >= 15 is 0 Å². The molecule has 0 N–H and O–H groups in total. The highest BCUT2D eigenvalue weighted by atomic mass is 19.4. The first kappa shape index (κ1) is 22.8. The van der Waals surface area contributed by atoms with Crippen molar-refractivity contribution >= 4 is 0 Å². The van der Waals surface area contributed by atoms with Gasteiger partial charge in [0.05, 0.1) is 0 Å². The Hall–Kier alpha value is -2.46. The number of aryl methyl sites for hydroxylation is 2. The van der Waals surface area contributed by atoms with Crippen LogP contribution in [0.5, 0.6) is 5.75 Å². The summed E-state index contributed by atoms with van der Waals surface area (Å²) in [4.78, 5) is 0. The van der Waals surface area contributed by atoms with Crippen molar-refractivity contribution in [1.82, 2.24) is 0 Å². The molecular weight excluding hydrogens is 422 g/mol. The molecule has 0 aliphatic carbocycles. The molecule has 1 nitrogen and oxygen atoms in total. The Morgan fingerprint density at radius 2 is 1.24 bits per heavy atom. The molecule has 0 fully saturated rings. The third-order valence-electron chi connectivity index (χ3n) is 3.92. The van der Waals surface area contributed by atoms with Gasteiger partial charge in [-0.1, -0.05) is 18.2 Å². The van der Waals surface area contributed by atoms with E-state index in [2.05, 4.69) is 10.8 Å². The van der Waals surface area contributed by atoms with Crippen LogP contribution in [-0.2, 0) is 5.67 Å². The van der Waals surface area contributed by atoms with E-state index in [0.29, 0.717) is 18.2 Å². The number of alkyl halides is 10. The maximum absolute atomic E-state index is 14.7. The molecule has 11 heteroatoms. The molecule has 0 saturated carbocycles. The molecule has 0 aliphatic rings. The smallest absolute Gasteiger partial charge is 0.406 e. The molecule has 0 aromatic heterocycles. The first-order chi connectivity index (χ1) is 13.0. The maximum Gasteiger partial charge on any atom is 0.573 e. The van der Waals surface area contributed by atoms with Crippen LogP contribution < -0.4 is 4.74 Å². The molecular formula is C18H11F10O. The first-order valence-corrected chi connectivity index (χ1v) is 7.70. The highest BCUT2D eigenvalue weighted by molar-refractivity contribution is 5.73. The van der Waals surface area contributed by atoms with E-state index < -0.39 is 41.3 Å². The normalized spacial score (nSPS) is 13.5. The molecule has 0 amide bonds. The van der Waals surface area contributed by atoms with Gasteiger partial charge in [-0.05, 0) is 54.3 Å². The summed E-state index contributed by atoms with van der Waals surface area (Å²) in [5, 5.41) is 0. The van der Waals surface area contributed by atoms with Crippen molar-refractivity contribution < 1.29 is 48.6 Å². The van der Waals surface area contributed by atoms with Gasteiger partial charge >= 0.3 is 24.4 Å². The van der Waals surface area contributed by atoms with Crippen LogP contribution in [0, 0.1) is 19.9 Å². The number of hydrogen-bond acceptors (Lipinski definition) is 1. The first-order valence-electron chi connectivity index (χ1n) is 7.70. The summed E-state index contributed by atoms with van der Waals surface area (Å²) in [6.07, 6.45) is -17.7. The van der Waals surface area contributed by atoms with Crippen molar-refractivity contribution in [1.29, 1.82) is 0 Å². The minimum atomic E-state index is -6.35. The Kier molecular flexibility index (Phi) is 5.59. The fourth-order valence-corrected chi connectivity index (χ4v) is 2.82. The Labute approximate surface area is 157 Å². The van der Waals surface area contributed by atoms with E-state index in [1.54, 1.807) is 0 Å². The van der Waals surface area contributed by atoms with Crippen molar-refractivity contribution in [3.05, 3.63) is 53.1 Å². The van der Waals surface area contributed by atoms with Crippen molar-refractivity contribution in [2.45, 2.75) is 38.2 Å². The van der Waals surface area contributed by atoms with Gasteiger partial charge in [-0.25, -0.2) is 4.39 Å². The van der Waals surface area contributed by atoms with Gasteiger partial charge in [0.1, 0.15) is 5.75 Å². The van der Waals surface area contributed by atoms with Gasteiger partial charge in [0, 0.05) is 5.56 Å². The van der Waals surface area contributed by atoms with E-state index in [1.165, 1.54) is 0 Å². The molecule has 2 aromatic carbocycles. The molecule has 0 spiro atoms. The summed E-state index contributed by atoms with van der Waals surface area (Å²) < 4.78 is 134. The topological polar surface area (TPSA) is 9.23 Å². The molecule has 0 unspecified atom stereocenters. The minimum Gasteiger partial charge on any atom is -0.406 e. The van der Waals surface area contributed by atoms with Gasteiger partial charge in [0.25, 0.3) is 0 Å². The minimum absolute atomic E-state index is 0.186. The third-order valence-corrected chi connectivity index (χ3v) is 3.92. The second kappa shape index (κ2) is 7.10. The van der Waals surface area contributed by atoms with Gasteiger partial charge in [0.2, 0.25) is 0 Å². The number of rotatable bonds is 3. The van der Waals surface area contributed by atoms with Crippen LogP contribution in [0.1, 0.15) is 16.7 Å². The lowest BCUT2D eigenvalue weighted by Gasteiger charge is -2.32. The zero-order valence-electron chi connectivity index (χ0n) is 14.6. The molecule has 0 heterocycles. The number of ether oxygens (including phenoxy) is 1. The van der Waals surface area contributed by atoms with Crippen molar-refractivity contribution in [2.75, 3.05) is 0 Å². The third kappa shape index (κ3) is 4.43. The van der Waals surface area contributed by atoms with Crippen molar-refractivity contribution in [3.8, 4) is 16.9 Å². The van der Waals surface area contributed by atoms with Crippen LogP contribution in [0.2, 0.25) is 0 Å². The maximum atomic E-state index is 14.7. The molecule has 0 saturated heterocycles. The summed E-state index contributed by atoms with van der Waals surface area (Å²) in [5.41, 5.74) is -9.03. The number of benzene rings is 2. The standard InChI is InChI=1S/C18H11F10O/c1-9-7-10(2)14(11-3-5-12(6-4-11)29-18(26,27)28)13(8-9)15(19,16(20,21)22)17(23,24)25/h3-6,8H,1-2H3. The lowest BCUT2D eigenvalue weighted by atomic mass is 9.83. The summed E-state index contributed by atoms with van der Waals surface area (Å²) in [6.45, 7) is 2.24. The fraction of sp³-hybridized carbons (Fsp3) is 0.333. The summed E-state index contributed by atoms with van der Waals surface area (Å²) in [5.74, 6) is -0.755. The highest BCUT2D eigenvalue weighted by Gasteiger charge is 2.74. The van der Waals surface area contributed by atoms with Gasteiger partial charge in [-0.15, -0.1) is 13.2 Å². The molecule has 159 valence electrons. The van der Waals surface area contributed by atoms with Crippen LogP contribution >= 0.6 is 0 Å². The van der Waals surface area contributed by atoms with Gasteiger partial charge in [-0.3, -0.25) is 0 Å². The van der Waals surface area contributed by atoms with Crippen LogP contribution in [0.15, 0.2) is 30.3 Å². The zero-order valence-corrected chi connectivity index (χ0v) is 14.6. The van der Waals surface area contributed by atoms with E-state index in [9.17, 15) is 43.9 Å². The van der Waals surface area contributed by atoms with E-state index in [0.717, 1.165) is 26.0 Å². The largest absolute Gasteiger partial charge is 0.573 e. The highest BCUT2D eigenvalue weighted by Crippen LogP contribution is 2.55. The Bertz CT molecular complexity index is 862. The summed E-state index contributed by atoms with van der Waals surface area (Å²) in [7, 11) is 0. The van der Waals surface area contributed by atoms with Gasteiger partial charge in [-0.2, -0.15) is 26.3 Å². The second-order valence-electron chi connectivity index (χ2n) is 6.09. The Morgan fingerprint density at radius 3 is 1.66 bits per heavy atom. The average molecular weight is 433 g/mol. The second-order valence-corrected chi connectivity index (χ2v) is 6.09. The lowest BCUT2D eigenvalue weighted by molar-refractivity contribution is -0.348. The molecule has 0 aliphatic heterocycles. The lowest BCUT2D eigenvalue weighted by Crippen LogP contribution is -2.50. The van der Waals surface area contributed by atoms with Crippen molar-refractivity contribution in [2.24, 2.45) is 0 Å². The number of halogens is 10. The van der Waals surface area contributed by atoms with Crippen LogP contribution in [0.3, 0.4) is 0 Å². The summed E-state index contributed by atoms with van der Waals surface area (Å²) in [6, 6.07) is 5.82. The van der Waals surface area contributed by atoms with Crippen LogP contribution in [0.25, 0.3) is 11.1 Å². The molecule has 2 aromatic rings. The fourth-order valence-electron chi connectivity index (χ4n) is 2.82. The van der Waals surface area contributed by atoms with Gasteiger partial charge in [0.15, 0.2) is 0 Å². The van der Waals surface area contributed by atoms with E-state index in [-0.39, 0.29) is 16.7 Å². The predicted molar refractivity (Wildman–Crippen MR) is 81.8 cm³/mol. The predicted octanol–water partition coefficient (Wildman–Crippen LogP) is 6.96. The molecule has 0 bridgehead atoms. The molecule has 1 radical (unpaired) electrons. The monoisotopic (exact) mass is 433 g/mol. The molecule has 2 rings (SSSR count). The average Bonchev–Trinajstić information content (AvgIpc) is 2.51. The Morgan fingerprint density at radius 1 is 0.759 bits per heavy atom. The van der Waals surface area contributed by atoms with Crippen molar-refractivity contribution in [3.63, 3.8) is 0 Å². The van der Waals surface area contributed by atoms with Crippen LogP contribution in [-0.4, -0.2) is 18.7 Å². The quantitative estimate of drug-likeness (QED) is 0.476. The van der Waals surface area contributed by atoms with E-state index in [4.69, 9.17) is 0 Å². The SMILES string of the molecule is Cc1[c]c(C)c(-c2ccc(OC(F)(F)F)cc2)c(C(F)(C(F)(F)F)C(F)(F)F)c1. The zero-order chi connectivity index (χ0) is 22.4. The Balaban J connectivity index is 2.75.